The topological polar surface area (TPSA) is 167 Å². The van der Waals surface area contributed by atoms with E-state index in [0.29, 0.717) is 12.1 Å². The number of hydrogen-bond donors (Lipinski definition) is 1. The lowest BCUT2D eigenvalue weighted by atomic mass is 10.1. The molecule has 1 N–H and O–H groups in total. The summed E-state index contributed by atoms with van der Waals surface area (Å²) < 4.78 is 21.5. The predicted octanol–water partition coefficient (Wildman–Crippen LogP) is 1.15. The highest BCUT2D eigenvalue weighted by molar-refractivity contribution is 14.2. The maximum absolute atomic E-state index is 11.7. The van der Waals surface area contributed by atoms with E-state index in [1.54, 1.807) is 5.32 Å². The van der Waals surface area contributed by atoms with Crippen molar-refractivity contribution in [3.8, 4) is 0 Å². The van der Waals surface area contributed by atoms with Gasteiger partial charge in [0, 0.05) is 13.0 Å². The zero-order valence-corrected chi connectivity index (χ0v) is 12.4. The molecule has 0 aromatic heterocycles. The van der Waals surface area contributed by atoms with E-state index in [2.05, 4.69) is 0 Å². The van der Waals surface area contributed by atoms with Crippen LogP contribution in [-0.2, 0) is 10.9 Å². The van der Waals surface area contributed by atoms with Gasteiger partial charge < -0.3 is 0 Å². The van der Waals surface area contributed by atoms with Crippen molar-refractivity contribution in [1.29, 1.82) is 0 Å². The Morgan fingerprint density at radius 1 is 1.14 bits per heavy atom. The molecule has 0 aliphatic carbocycles. The minimum Gasteiger partial charge on any atom is -0.293 e. The molecule has 21 heavy (non-hydrogen) atoms. The molecule has 0 aliphatic rings. The van der Waals surface area contributed by atoms with Crippen LogP contribution < -0.4 is 5.32 Å². The quantitative estimate of drug-likeness (QED) is 0.437. The van der Waals surface area contributed by atoms with Crippen LogP contribution >= 0.6 is 19.8 Å². The van der Waals surface area contributed by atoms with Gasteiger partial charge >= 0.3 is 19.8 Å². The lowest BCUT2D eigenvalue weighted by Crippen LogP contribution is -2.29. The van der Waals surface area contributed by atoms with Gasteiger partial charge in [-0.3, -0.25) is 35.1 Å². The number of hydrogen-bond acceptors (Lipinski definition) is 8. The van der Waals surface area contributed by atoms with Crippen molar-refractivity contribution < 1.29 is 25.6 Å². The first kappa shape index (κ1) is 16.5. The molecular weight excluding hydrogens is 405 g/mol. The number of nitrogens with one attached hydrogen (secondary N) is 1. The van der Waals surface area contributed by atoms with E-state index in [4.69, 9.17) is 0 Å². The third kappa shape index (κ3) is 3.74. The number of nitro benzene ring substituents is 2. The van der Waals surface area contributed by atoms with Crippen molar-refractivity contribution in [2.24, 2.45) is 0 Å². The lowest BCUT2D eigenvalue weighted by molar-refractivity contribution is -0.394. The summed E-state index contributed by atoms with van der Waals surface area (Å²) in [5.74, 6) is -2.12. The molecular formula is C9H6IN3O8. The Labute approximate surface area is 122 Å². The molecule has 0 fully saturated rings. The summed E-state index contributed by atoms with van der Waals surface area (Å²) in [5, 5.41) is 23.2. The standard InChI is InChI=1S/C9H6IN3O8/c1-4(14)11-9(15)6-2-5(12(18)19)3-7(13(20)21)8(6)10(16)17/h2-3H,1H3,(H,11,14,15). The number of rotatable bonds is 4. The fourth-order valence-electron chi connectivity index (χ4n) is 1.39. The van der Waals surface area contributed by atoms with Crippen molar-refractivity contribution in [2.45, 2.75) is 6.92 Å². The molecule has 0 aliphatic heterocycles. The Hall–Kier alpha value is -2.51. The molecule has 11 nitrogen and oxygen atoms in total. The van der Waals surface area contributed by atoms with Crippen molar-refractivity contribution >= 4 is 43.0 Å². The minimum atomic E-state index is -4.54. The molecule has 0 saturated heterocycles. The van der Waals surface area contributed by atoms with Crippen LogP contribution in [0.5, 0.6) is 0 Å². The Bertz CT molecular complexity index is 731. The van der Waals surface area contributed by atoms with Crippen LogP contribution in [0.4, 0.5) is 11.4 Å². The van der Waals surface area contributed by atoms with Gasteiger partial charge in [-0.25, -0.2) is 6.14 Å². The molecule has 1 aromatic rings. The number of nitrogens with zero attached hydrogens (tertiary/aromatic N) is 2. The van der Waals surface area contributed by atoms with Crippen LogP contribution in [0, 0.1) is 23.8 Å². The van der Waals surface area contributed by atoms with Crippen LogP contribution in [0.1, 0.15) is 17.3 Å². The number of imide groups is 1. The van der Waals surface area contributed by atoms with Crippen molar-refractivity contribution in [2.75, 3.05) is 0 Å². The van der Waals surface area contributed by atoms with E-state index in [9.17, 15) is 36.0 Å². The zero-order chi connectivity index (χ0) is 16.3. The normalized spacial score (nSPS) is 10.2. The largest absolute Gasteiger partial charge is 0.348 e. The van der Waals surface area contributed by atoms with Gasteiger partial charge in [-0.15, -0.1) is 0 Å². The smallest absolute Gasteiger partial charge is 0.293 e. The number of non-ortho nitro benzene ring substituents is 1. The minimum absolute atomic E-state index is 0.445. The summed E-state index contributed by atoms with van der Waals surface area (Å²) in [7, 11) is 0. The van der Waals surface area contributed by atoms with E-state index in [1.807, 2.05) is 0 Å². The fraction of sp³-hybridized carbons (Fsp3) is 0.111. The Morgan fingerprint density at radius 3 is 2.10 bits per heavy atom. The summed E-state index contributed by atoms with van der Waals surface area (Å²) >= 11 is -4.54. The van der Waals surface area contributed by atoms with Crippen molar-refractivity contribution in [1.82, 2.24) is 5.32 Å². The van der Waals surface area contributed by atoms with Gasteiger partial charge in [0.1, 0.15) is 0 Å². The van der Waals surface area contributed by atoms with Crippen LogP contribution in [0.3, 0.4) is 0 Å². The van der Waals surface area contributed by atoms with Gasteiger partial charge in [-0.1, -0.05) is 0 Å². The molecule has 0 spiro atoms. The fourth-order valence-corrected chi connectivity index (χ4v) is 3.07. The third-order valence-electron chi connectivity index (χ3n) is 2.13. The molecule has 0 saturated carbocycles. The summed E-state index contributed by atoms with van der Waals surface area (Å²) in [6, 6.07) is 1.01. The molecule has 0 bridgehead atoms. The molecule has 1 aromatic carbocycles. The highest BCUT2D eigenvalue weighted by Gasteiger charge is 2.30. The number of halogens is 1. The summed E-state index contributed by atoms with van der Waals surface area (Å²) in [5.41, 5.74) is -2.72. The van der Waals surface area contributed by atoms with Crippen LogP contribution in [0.15, 0.2) is 12.1 Å². The molecule has 112 valence electrons. The van der Waals surface area contributed by atoms with Crippen LogP contribution in [-0.4, -0.2) is 21.7 Å². The highest BCUT2D eigenvalue weighted by Crippen LogP contribution is 2.35. The maximum Gasteiger partial charge on any atom is 0.348 e. The van der Waals surface area contributed by atoms with E-state index >= 15 is 0 Å². The molecule has 0 heterocycles. The number of carbonyl (C=O) groups is 2. The van der Waals surface area contributed by atoms with Gasteiger partial charge in [-0.05, 0) is 0 Å². The SMILES string of the molecule is CC(=O)NC(=O)c1cc([N+](=O)[O-])cc([N+](=O)[O-])c1I(=O)=O. The van der Waals surface area contributed by atoms with E-state index in [-0.39, 0.29) is 0 Å². The van der Waals surface area contributed by atoms with Gasteiger partial charge in [0.15, 0.2) is 3.57 Å². The average molecular weight is 411 g/mol. The van der Waals surface area contributed by atoms with Gasteiger partial charge in [0.05, 0.1) is 21.5 Å². The first-order chi connectivity index (χ1) is 9.65. The summed E-state index contributed by atoms with van der Waals surface area (Å²) in [6.07, 6.45) is 0. The monoisotopic (exact) mass is 411 g/mol. The second kappa shape index (κ2) is 6.29. The van der Waals surface area contributed by atoms with Crippen molar-refractivity contribution in [3.05, 3.63) is 41.5 Å². The lowest BCUT2D eigenvalue weighted by Gasteiger charge is -2.04. The van der Waals surface area contributed by atoms with Gasteiger partial charge in [-0.2, -0.15) is 0 Å². The molecule has 12 heteroatoms. The molecule has 0 unspecified atom stereocenters. The number of nitro groups is 2. The number of amides is 2. The maximum atomic E-state index is 11.7. The van der Waals surface area contributed by atoms with E-state index < -0.39 is 62.0 Å². The second-order valence-electron chi connectivity index (χ2n) is 3.57. The van der Waals surface area contributed by atoms with E-state index in [0.717, 1.165) is 6.92 Å². The highest BCUT2D eigenvalue weighted by atomic mass is 127. The number of carbonyl (C=O) groups excluding carboxylic acids is 2. The van der Waals surface area contributed by atoms with E-state index in [1.165, 1.54) is 0 Å². The number of benzene rings is 1. The Kier molecular flexibility index (Phi) is 4.96. The first-order valence-electron chi connectivity index (χ1n) is 4.99. The summed E-state index contributed by atoms with van der Waals surface area (Å²) in [4.78, 5) is 41.9. The van der Waals surface area contributed by atoms with Gasteiger partial charge in [0.25, 0.3) is 17.3 Å². The molecule has 0 atom stereocenters. The predicted molar refractivity (Wildman–Crippen MR) is 72.0 cm³/mol. The average Bonchev–Trinajstić information content (AvgIpc) is 2.35. The molecule has 0 radical (unpaired) electrons. The Balaban J connectivity index is 3.73. The molecule has 1 rings (SSSR count). The van der Waals surface area contributed by atoms with Crippen LogP contribution in [0.2, 0.25) is 0 Å². The first-order valence-corrected chi connectivity index (χ1v) is 7.83. The zero-order valence-electron chi connectivity index (χ0n) is 10.2. The third-order valence-corrected chi connectivity index (χ3v) is 4.15. The van der Waals surface area contributed by atoms with Crippen molar-refractivity contribution in [3.63, 3.8) is 0 Å². The van der Waals surface area contributed by atoms with Gasteiger partial charge in [0.2, 0.25) is 5.91 Å². The van der Waals surface area contributed by atoms with Crippen LogP contribution in [0.25, 0.3) is 0 Å². The summed E-state index contributed by atoms with van der Waals surface area (Å²) in [6.45, 7) is 0.952. The second-order valence-corrected chi connectivity index (χ2v) is 5.89. The Morgan fingerprint density at radius 2 is 1.71 bits per heavy atom. The molecule has 2 amide bonds.